The first-order valence-corrected chi connectivity index (χ1v) is 19.7. The van der Waals surface area contributed by atoms with Crippen molar-refractivity contribution < 1.29 is 0 Å². The van der Waals surface area contributed by atoms with Crippen LogP contribution < -0.4 is 0 Å². The minimum Gasteiger partial charge on any atom is -0.309 e. The number of unbranched alkanes of at least 4 members (excludes halogenated alkanes) is 2. The van der Waals surface area contributed by atoms with Crippen LogP contribution in [0.3, 0.4) is 0 Å². The molecule has 260 valence electrons. The molecule has 0 unspecified atom stereocenters. The van der Waals surface area contributed by atoms with Crippen LogP contribution in [0.25, 0.3) is 71.7 Å². The van der Waals surface area contributed by atoms with Crippen LogP contribution in [0.1, 0.15) is 76.0 Å². The molecule has 0 spiro atoms. The summed E-state index contributed by atoms with van der Waals surface area (Å²) in [7, 11) is 0. The predicted molar refractivity (Wildman–Crippen MR) is 227 cm³/mol. The van der Waals surface area contributed by atoms with Crippen LogP contribution in [0.15, 0.2) is 145 Å². The van der Waals surface area contributed by atoms with E-state index >= 15 is 0 Å². The van der Waals surface area contributed by atoms with Gasteiger partial charge in [0.15, 0.2) is 0 Å². The molecule has 0 radical (unpaired) electrons. The fourth-order valence-corrected chi connectivity index (χ4v) is 9.98. The monoisotopic (exact) mass is 686 g/mol. The maximum Gasteiger partial charge on any atom is 0.0541 e. The highest BCUT2D eigenvalue weighted by molar-refractivity contribution is 6.11. The summed E-state index contributed by atoms with van der Waals surface area (Å²) in [5.74, 6) is 0. The SMILES string of the molecule is CCCCC1(CCCC)C2=C(C=C2C)c2ccc(-c3ccc4c(c3)c3cc(C)ccc3n4-c3ccc(-n4c5ccccc5c5ccccc54)cc3)cc21. The molecule has 0 amide bonds. The van der Waals surface area contributed by atoms with Gasteiger partial charge in [0.1, 0.15) is 0 Å². The van der Waals surface area contributed by atoms with Gasteiger partial charge in [-0.15, -0.1) is 0 Å². The van der Waals surface area contributed by atoms with Crippen molar-refractivity contribution in [3.8, 4) is 22.5 Å². The molecule has 0 fully saturated rings. The molecule has 53 heavy (non-hydrogen) atoms. The Morgan fingerprint density at radius 2 is 1.04 bits per heavy atom. The summed E-state index contributed by atoms with van der Waals surface area (Å²) in [6.07, 6.45) is 9.92. The topological polar surface area (TPSA) is 9.86 Å². The zero-order chi connectivity index (χ0) is 35.8. The van der Waals surface area contributed by atoms with Crippen LogP contribution in [-0.2, 0) is 5.41 Å². The summed E-state index contributed by atoms with van der Waals surface area (Å²) in [6.45, 7) is 9.22. The maximum absolute atomic E-state index is 2.57. The molecule has 2 heterocycles. The number of aromatic nitrogens is 2. The highest BCUT2D eigenvalue weighted by atomic mass is 15.0. The number of nitrogens with zero attached hydrogens (tertiary/aromatic N) is 2. The second kappa shape index (κ2) is 12.2. The Balaban J connectivity index is 1.09. The Hall–Kier alpha value is -5.60. The number of hydrogen-bond donors (Lipinski definition) is 0. The minimum absolute atomic E-state index is 0.147. The largest absolute Gasteiger partial charge is 0.309 e. The lowest BCUT2D eigenvalue weighted by Gasteiger charge is -2.37. The number of allylic oxidation sites excluding steroid dienone is 4. The second-order valence-corrected chi connectivity index (χ2v) is 15.6. The van der Waals surface area contributed by atoms with Gasteiger partial charge in [0.2, 0.25) is 0 Å². The van der Waals surface area contributed by atoms with E-state index in [0.717, 1.165) is 0 Å². The Labute approximate surface area is 312 Å². The summed E-state index contributed by atoms with van der Waals surface area (Å²) in [6, 6.07) is 48.1. The molecule has 8 aromatic rings. The van der Waals surface area contributed by atoms with E-state index in [9.17, 15) is 0 Å². The Bertz CT molecular complexity index is 2750. The van der Waals surface area contributed by atoms with Crippen molar-refractivity contribution in [3.05, 3.63) is 161 Å². The normalized spacial score (nSPS) is 14.7. The molecule has 6 aromatic carbocycles. The van der Waals surface area contributed by atoms with Crippen LogP contribution in [0, 0.1) is 6.92 Å². The van der Waals surface area contributed by atoms with E-state index in [0.29, 0.717) is 0 Å². The van der Waals surface area contributed by atoms with Crippen LogP contribution in [0.4, 0.5) is 0 Å². The molecular formula is C51H46N2. The summed E-state index contributed by atoms with van der Waals surface area (Å²) in [4.78, 5) is 0. The van der Waals surface area contributed by atoms with Gasteiger partial charge in [-0.2, -0.15) is 0 Å². The minimum atomic E-state index is 0.147. The van der Waals surface area contributed by atoms with Crippen molar-refractivity contribution in [2.75, 3.05) is 0 Å². The molecule has 0 saturated heterocycles. The van der Waals surface area contributed by atoms with Gasteiger partial charge in [-0.05, 0) is 132 Å². The van der Waals surface area contributed by atoms with E-state index in [4.69, 9.17) is 0 Å². The van der Waals surface area contributed by atoms with Gasteiger partial charge in [-0.1, -0.05) is 112 Å². The summed E-state index contributed by atoms with van der Waals surface area (Å²) in [5, 5.41) is 5.18. The number of rotatable bonds is 9. The molecule has 2 heteroatoms. The van der Waals surface area contributed by atoms with E-state index in [1.54, 1.807) is 11.1 Å². The molecular weight excluding hydrogens is 641 g/mol. The van der Waals surface area contributed by atoms with E-state index in [2.05, 4.69) is 170 Å². The first-order chi connectivity index (χ1) is 26.0. The fraction of sp³-hybridized carbons (Fsp3) is 0.216. The number of aryl methyl sites for hydroxylation is 1. The molecule has 2 aliphatic carbocycles. The standard InChI is InChI=1S/C51H46N2/c1-5-7-27-51(28-8-6-2)45-32-36(18-24-39(45)44-30-34(4)50(44)51)35-19-26-49-43(31-35)42-29-33(3)17-25-48(42)53(49)38-22-20-37(21-23-38)52-46-15-11-9-13-40(46)41-14-10-12-16-47(41)52/h9-26,29-32H,5-8,27-28H2,1-4H3. The van der Waals surface area contributed by atoms with Crippen molar-refractivity contribution in [1.29, 1.82) is 0 Å². The van der Waals surface area contributed by atoms with Crippen molar-refractivity contribution in [1.82, 2.24) is 9.13 Å². The smallest absolute Gasteiger partial charge is 0.0541 e. The Morgan fingerprint density at radius 3 is 1.64 bits per heavy atom. The molecule has 2 aliphatic rings. The predicted octanol–water partition coefficient (Wildman–Crippen LogP) is 14.2. The molecule has 0 aliphatic heterocycles. The highest BCUT2D eigenvalue weighted by Crippen LogP contribution is 2.59. The van der Waals surface area contributed by atoms with Gasteiger partial charge in [-0.3, -0.25) is 0 Å². The quantitative estimate of drug-likeness (QED) is 0.143. The third-order valence-electron chi connectivity index (χ3n) is 12.4. The van der Waals surface area contributed by atoms with Crippen molar-refractivity contribution >= 4 is 49.2 Å². The van der Waals surface area contributed by atoms with Crippen LogP contribution in [0.5, 0.6) is 0 Å². The Morgan fingerprint density at radius 1 is 0.509 bits per heavy atom. The fourth-order valence-electron chi connectivity index (χ4n) is 9.98. The summed E-state index contributed by atoms with van der Waals surface area (Å²) in [5.41, 5.74) is 19.0. The lowest BCUT2D eigenvalue weighted by molar-refractivity contribution is 0.407. The van der Waals surface area contributed by atoms with Crippen LogP contribution in [0.2, 0.25) is 0 Å². The third-order valence-corrected chi connectivity index (χ3v) is 12.4. The zero-order valence-electron chi connectivity index (χ0n) is 31.3. The summed E-state index contributed by atoms with van der Waals surface area (Å²) >= 11 is 0. The van der Waals surface area contributed by atoms with Gasteiger partial charge in [0, 0.05) is 38.3 Å². The summed E-state index contributed by atoms with van der Waals surface area (Å²) < 4.78 is 4.84. The van der Waals surface area contributed by atoms with Gasteiger partial charge in [0.25, 0.3) is 0 Å². The average molecular weight is 687 g/mol. The van der Waals surface area contributed by atoms with Gasteiger partial charge in [0.05, 0.1) is 22.1 Å². The third kappa shape index (κ3) is 4.71. The number of hydrogen-bond acceptors (Lipinski definition) is 0. The van der Waals surface area contributed by atoms with E-state index in [-0.39, 0.29) is 5.41 Å². The van der Waals surface area contributed by atoms with E-state index in [1.165, 1.54) is 127 Å². The molecule has 0 saturated carbocycles. The zero-order valence-corrected chi connectivity index (χ0v) is 31.3. The highest BCUT2D eigenvalue weighted by Gasteiger charge is 2.47. The number of fused-ring (bicyclic) bond motifs is 8. The number of benzene rings is 6. The van der Waals surface area contributed by atoms with Crippen LogP contribution in [-0.4, -0.2) is 9.13 Å². The van der Waals surface area contributed by atoms with Crippen molar-refractivity contribution in [2.24, 2.45) is 0 Å². The Kier molecular flexibility index (Phi) is 7.41. The van der Waals surface area contributed by atoms with E-state index in [1.807, 2.05) is 0 Å². The molecule has 0 atom stereocenters. The molecule has 2 nitrogen and oxygen atoms in total. The molecule has 0 N–H and O–H groups in total. The molecule has 2 aromatic heterocycles. The van der Waals surface area contributed by atoms with Gasteiger partial charge >= 0.3 is 0 Å². The average Bonchev–Trinajstić information content (AvgIpc) is 3.77. The molecule has 10 rings (SSSR count). The van der Waals surface area contributed by atoms with Gasteiger partial charge < -0.3 is 9.13 Å². The molecule has 0 bridgehead atoms. The van der Waals surface area contributed by atoms with E-state index < -0.39 is 0 Å². The maximum atomic E-state index is 2.57. The lowest BCUT2D eigenvalue weighted by Crippen LogP contribution is -2.28. The second-order valence-electron chi connectivity index (χ2n) is 15.6. The lowest BCUT2D eigenvalue weighted by atomic mass is 9.66. The first-order valence-electron chi connectivity index (χ1n) is 19.7. The van der Waals surface area contributed by atoms with Crippen molar-refractivity contribution in [3.63, 3.8) is 0 Å². The first kappa shape index (κ1) is 32.1. The van der Waals surface area contributed by atoms with Crippen molar-refractivity contribution in [2.45, 2.75) is 71.6 Å². The van der Waals surface area contributed by atoms with Gasteiger partial charge in [-0.25, -0.2) is 0 Å². The van der Waals surface area contributed by atoms with Crippen LogP contribution >= 0.6 is 0 Å². The number of para-hydroxylation sites is 2.